The molecule has 7 heteroatoms. The van der Waals surface area contributed by atoms with Gasteiger partial charge in [0.15, 0.2) is 6.29 Å². The highest BCUT2D eigenvalue weighted by atomic mass is 16.7. The first-order valence-electron chi connectivity index (χ1n) is 9.53. The molecule has 1 amide bonds. The molecule has 1 fully saturated rings. The second-order valence-electron chi connectivity index (χ2n) is 6.95. The summed E-state index contributed by atoms with van der Waals surface area (Å²) in [6.45, 7) is 2.20. The summed E-state index contributed by atoms with van der Waals surface area (Å²) in [4.78, 5) is 25.8. The molecule has 0 bridgehead atoms. The number of rotatable bonds is 4. The monoisotopic (exact) mass is 393 g/mol. The van der Waals surface area contributed by atoms with Crippen LogP contribution in [0.4, 0.5) is 5.69 Å². The lowest BCUT2D eigenvalue weighted by Gasteiger charge is -2.29. The van der Waals surface area contributed by atoms with Crippen LogP contribution in [-0.2, 0) is 21.3 Å². The fourth-order valence-electron chi connectivity index (χ4n) is 3.43. The van der Waals surface area contributed by atoms with Crippen LogP contribution in [-0.4, -0.2) is 28.0 Å². The molecule has 1 aliphatic rings. The predicted molar refractivity (Wildman–Crippen MR) is 109 cm³/mol. The summed E-state index contributed by atoms with van der Waals surface area (Å²) in [5.74, 6) is -0.347. The number of nitrogens with one attached hydrogen (secondary N) is 1. The summed E-state index contributed by atoms with van der Waals surface area (Å²) in [6, 6.07) is 18.8. The smallest absolute Gasteiger partial charge is 0.295 e. The van der Waals surface area contributed by atoms with E-state index in [1.54, 1.807) is 18.7 Å². The Balaban J connectivity index is 1.55. The third-order valence-corrected chi connectivity index (χ3v) is 5.10. The van der Waals surface area contributed by atoms with Crippen molar-refractivity contribution in [2.45, 2.75) is 25.7 Å². The first kappa shape index (κ1) is 19.2. The maximum atomic E-state index is 13.0. The molecule has 2 aromatic carbocycles. The normalized spacial score (nSPS) is 19.1. The van der Waals surface area contributed by atoms with E-state index in [4.69, 9.17) is 9.47 Å². The van der Waals surface area contributed by atoms with Gasteiger partial charge in [-0.15, -0.1) is 0 Å². The number of nitrogens with zero attached hydrogens (tertiary/aromatic N) is 2. The van der Waals surface area contributed by atoms with E-state index < -0.39 is 12.4 Å². The number of aromatic nitrogens is 2. The fourth-order valence-corrected chi connectivity index (χ4v) is 3.43. The molecule has 0 spiro atoms. The number of hydrogen-bond donors (Lipinski definition) is 1. The molecule has 1 aromatic heterocycles. The van der Waals surface area contributed by atoms with Gasteiger partial charge in [0.25, 0.3) is 11.5 Å². The summed E-state index contributed by atoms with van der Waals surface area (Å²) < 4.78 is 14.8. The molecule has 7 nitrogen and oxygen atoms in total. The zero-order valence-electron chi connectivity index (χ0n) is 16.4. The van der Waals surface area contributed by atoms with Gasteiger partial charge < -0.3 is 14.8 Å². The van der Waals surface area contributed by atoms with Crippen molar-refractivity contribution in [2.24, 2.45) is 7.05 Å². The molecule has 1 N–H and O–H groups in total. The second kappa shape index (κ2) is 8.06. The van der Waals surface area contributed by atoms with Gasteiger partial charge in [-0.2, -0.15) is 0 Å². The second-order valence-corrected chi connectivity index (χ2v) is 6.95. The summed E-state index contributed by atoms with van der Waals surface area (Å²) in [7, 11) is 1.79. The molecule has 0 saturated carbocycles. The number of ether oxygens (including phenoxy) is 2. The Labute approximate surface area is 168 Å². The molecule has 0 unspecified atom stereocenters. The molecule has 4 rings (SSSR count). The largest absolute Gasteiger partial charge is 0.348 e. The Bertz CT molecular complexity index is 1060. The van der Waals surface area contributed by atoms with E-state index in [1.807, 2.05) is 60.7 Å². The lowest BCUT2D eigenvalue weighted by molar-refractivity contribution is -0.214. The minimum Gasteiger partial charge on any atom is -0.348 e. The van der Waals surface area contributed by atoms with Crippen molar-refractivity contribution in [3.63, 3.8) is 0 Å². The maximum Gasteiger partial charge on any atom is 0.295 e. The van der Waals surface area contributed by atoms with Gasteiger partial charge in [0, 0.05) is 19.0 Å². The Morgan fingerprint density at radius 2 is 1.72 bits per heavy atom. The third kappa shape index (κ3) is 3.74. The Kier molecular flexibility index (Phi) is 5.33. The minimum absolute atomic E-state index is 0.257. The number of benzene rings is 2. The lowest BCUT2D eigenvalue weighted by Crippen LogP contribution is -2.38. The Morgan fingerprint density at radius 1 is 1.07 bits per heavy atom. The number of amides is 1. The average Bonchev–Trinajstić information content (AvgIpc) is 2.98. The number of anilines is 1. The van der Waals surface area contributed by atoms with E-state index >= 15 is 0 Å². The molecule has 150 valence electrons. The van der Waals surface area contributed by atoms with E-state index in [9.17, 15) is 9.59 Å². The van der Waals surface area contributed by atoms with E-state index in [0.717, 1.165) is 11.3 Å². The summed E-state index contributed by atoms with van der Waals surface area (Å²) in [5, 5.41) is 2.78. The molecule has 1 saturated heterocycles. The summed E-state index contributed by atoms with van der Waals surface area (Å²) >= 11 is 0. The highest BCUT2D eigenvalue weighted by Gasteiger charge is 2.30. The van der Waals surface area contributed by atoms with Gasteiger partial charge in [-0.25, -0.2) is 4.68 Å². The van der Waals surface area contributed by atoms with Gasteiger partial charge in [0.1, 0.15) is 11.8 Å². The van der Waals surface area contributed by atoms with E-state index in [-0.39, 0.29) is 17.2 Å². The fraction of sp³-hybridized carbons (Fsp3) is 0.273. The highest BCUT2D eigenvalue weighted by molar-refractivity contribution is 5.94. The van der Waals surface area contributed by atoms with Gasteiger partial charge >= 0.3 is 0 Å². The SMILES string of the molecule is Cc1c(NC(=O)[C@@H]2CCO[C@H](c3ccccc3)O2)c(=O)n(-c2ccccc2)n1C. The van der Waals surface area contributed by atoms with Crippen LogP contribution in [0.3, 0.4) is 0 Å². The van der Waals surface area contributed by atoms with Crippen LogP contribution < -0.4 is 10.9 Å². The first-order chi connectivity index (χ1) is 14.1. The first-order valence-corrected chi connectivity index (χ1v) is 9.53. The van der Waals surface area contributed by atoms with Crippen LogP contribution in [0.1, 0.15) is 24.0 Å². The lowest BCUT2D eigenvalue weighted by atomic mass is 10.1. The third-order valence-electron chi connectivity index (χ3n) is 5.10. The van der Waals surface area contributed by atoms with Crippen LogP contribution >= 0.6 is 0 Å². The van der Waals surface area contributed by atoms with Crippen molar-refractivity contribution >= 4 is 11.6 Å². The van der Waals surface area contributed by atoms with Gasteiger partial charge in [0.05, 0.1) is 18.0 Å². The summed E-state index contributed by atoms with van der Waals surface area (Å²) in [6.07, 6.45) is -0.870. The molecular weight excluding hydrogens is 370 g/mol. The van der Waals surface area contributed by atoms with Crippen molar-refractivity contribution < 1.29 is 14.3 Å². The number of carbonyl (C=O) groups is 1. The van der Waals surface area contributed by atoms with Crippen LogP contribution in [0.25, 0.3) is 5.69 Å². The zero-order chi connectivity index (χ0) is 20.4. The van der Waals surface area contributed by atoms with Gasteiger partial charge in [-0.05, 0) is 19.1 Å². The van der Waals surface area contributed by atoms with Crippen molar-refractivity contribution in [3.8, 4) is 5.69 Å². The minimum atomic E-state index is -0.696. The zero-order valence-corrected chi connectivity index (χ0v) is 16.4. The van der Waals surface area contributed by atoms with E-state index in [1.165, 1.54) is 4.68 Å². The standard InChI is InChI=1S/C22H23N3O4/c1-15-19(21(27)25(24(15)2)17-11-7-4-8-12-17)23-20(26)18-13-14-28-22(29-18)16-9-5-3-6-10-16/h3-12,18,22H,13-14H2,1-2H3,(H,23,26)/t18-,22-/m0/s1. The highest BCUT2D eigenvalue weighted by Crippen LogP contribution is 2.27. The van der Waals surface area contributed by atoms with Crippen molar-refractivity contribution in [1.29, 1.82) is 0 Å². The van der Waals surface area contributed by atoms with Crippen LogP contribution in [0.15, 0.2) is 65.5 Å². The molecule has 3 aromatic rings. The molecule has 0 aliphatic carbocycles. The molecule has 0 radical (unpaired) electrons. The molecular formula is C22H23N3O4. The van der Waals surface area contributed by atoms with Crippen LogP contribution in [0.2, 0.25) is 0 Å². The molecule has 2 atom stereocenters. The van der Waals surface area contributed by atoms with Crippen molar-refractivity contribution in [2.75, 3.05) is 11.9 Å². The maximum absolute atomic E-state index is 13.0. The topological polar surface area (TPSA) is 74.5 Å². The van der Waals surface area contributed by atoms with Gasteiger partial charge in [-0.1, -0.05) is 48.5 Å². The van der Waals surface area contributed by atoms with E-state index in [2.05, 4.69) is 5.32 Å². The predicted octanol–water partition coefficient (Wildman–Crippen LogP) is 2.93. The Morgan fingerprint density at radius 3 is 2.41 bits per heavy atom. The number of hydrogen-bond acceptors (Lipinski definition) is 4. The Hall–Kier alpha value is -3.16. The molecule has 29 heavy (non-hydrogen) atoms. The average molecular weight is 393 g/mol. The van der Waals surface area contributed by atoms with Crippen molar-refractivity contribution in [1.82, 2.24) is 9.36 Å². The number of carbonyl (C=O) groups excluding carboxylic acids is 1. The molecule has 1 aliphatic heterocycles. The van der Waals surface area contributed by atoms with Crippen LogP contribution in [0.5, 0.6) is 0 Å². The quantitative estimate of drug-likeness (QED) is 0.740. The van der Waals surface area contributed by atoms with E-state index in [0.29, 0.717) is 18.7 Å². The van der Waals surface area contributed by atoms with Crippen molar-refractivity contribution in [3.05, 3.63) is 82.3 Å². The molecule has 2 heterocycles. The summed E-state index contributed by atoms with van der Waals surface area (Å²) in [5.41, 5.74) is 2.23. The van der Waals surface area contributed by atoms with Gasteiger partial charge in [0.2, 0.25) is 0 Å². The van der Waals surface area contributed by atoms with Crippen LogP contribution in [0, 0.1) is 6.92 Å². The number of para-hydroxylation sites is 1. The van der Waals surface area contributed by atoms with Gasteiger partial charge in [-0.3, -0.25) is 14.3 Å².